The van der Waals surface area contributed by atoms with Crippen LogP contribution in [0.3, 0.4) is 0 Å². The Morgan fingerprint density at radius 3 is 2.88 bits per heavy atom. The van der Waals surface area contributed by atoms with Crippen LogP contribution in [0.1, 0.15) is 20.8 Å². The molecule has 0 aliphatic carbocycles. The van der Waals surface area contributed by atoms with Gasteiger partial charge in [0.15, 0.2) is 0 Å². The SMILES string of the molecule is C=C/C=C\C1=C(C)C(C)C(C)N2CC=CC=C12. The van der Waals surface area contributed by atoms with E-state index in [-0.39, 0.29) is 0 Å². The maximum atomic E-state index is 3.75. The Bertz CT molecular complexity index is 434. The van der Waals surface area contributed by atoms with E-state index in [4.69, 9.17) is 0 Å². The van der Waals surface area contributed by atoms with E-state index in [2.05, 4.69) is 56.6 Å². The molecule has 17 heavy (non-hydrogen) atoms. The van der Waals surface area contributed by atoms with Crippen molar-refractivity contribution in [3.63, 3.8) is 0 Å². The van der Waals surface area contributed by atoms with Gasteiger partial charge in [-0.3, -0.25) is 0 Å². The van der Waals surface area contributed by atoms with Crippen LogP contribution in [-0.2, 0) is 0 Å². The molecule has 2 heterocycles. The summed E-state index contributed by atoms with van der Waals surface area (Å²) in [7, 11) is 0. The number of rotatable bonds is 2. The molecule has 0 fully saturated rings. The van der Waals surface area contributed by atoms with Crippen molar-refractivity contribution in [1.29, 1.82) is 0 Å². The molecule has 2 atom stereocenters. The van der Waals surface area contributed by atoms with E-state index in [1.165, 1.54) is 16.8 Å². The van der Waals surface area contributed by atoms with Gasteiger partial charge in [-0.2, -0.15) is 0 Å². The van der Waals surface area contributed by atoms with Crippen LogP contribution in [0, 0.1) is 5.92 Å². The number of hydrogen-bond donors (Lipinski definition) is 0. The Labute approximate surface area is 105 Å². The minimum absolute atomic E-state index is 0.576. The lowest BCUT2D eigenvalue weighted by Crippen LogP contribution is -2.42. The van der Waals surface area contributed by atoms with E-state index in [9.17, 15) is 0 Å². The largest absolute Gasteiger partial charge is 0.364 e. The molecule has 0 aromatic carbocycles. The molecule has 0 saturated carbocycles. The molecule has 0 saturated heterocycles. The highest BCUT2D eigenvalue weighted by Gasteiger charge is 2.31. The third-order valence-corrected chi connectivity index (χ3v) is 4.00. The molecule has 0 spiro atoms. The summed E-state index contributed by atoms with van der Waals surface area (Å²) in [6.07, 6.45) is 12.7. The predicted octanol–water partition coefficient (Wildman–Crippen LogP) is 3.84. The normalized spacial score (nSPS) is 28.4. The minimum Gasteiger partial charge on any atom is -0.364 e. The first kappa shape index (κ1) is 12.0. The minimum atomic E-state index is 0.576. The van der Waals surface area contributed by atoms with E-state index in [1.54, 1.807) is 0 Å². The zero-order valence-electron chi connectivity index (χ0n) is 11.0. The van der Waals surface area contributed by atoms with Gasteiger partial charge >= 0.3 is 0 Å². The second kappa shape index (κ2) is 4.79. The van der Waals surface area contributed by atoms with Gasteiger partial charge in [0.2, 0.25) is 0 Å². The summed E-state index contributed by atoms with van der Waals surface area (Å²) < 4.78 is 0. The highest BCUT2D eigenvalue weighted by Crippen LogP contribution is 2.36. The standard InChI is InChI=1S/C16H21N/c1-5-6-9-15-13(3)12(2)14(4)17-11-8-7-10-16(15)17/h5-10,12,14H,1,11H2,2-4H3/b9-6-. The molecule has 1 nitrogen and oxygen atoms in total. The Kier molecular flexibility index (Phi) is 3.37. The van der Waals surface area contributed by atoms with Crippen molar-refractivity contribution < 1.29 is 0 Å². The van der Waals surface area contributed by atoms with Crippen molar-refractivity contribution in [2.24, 2.45) is 5.92 Å². The average molecular weight is 227 g/mol. The quantitative estimate of drug-likeness (QED) is 0.648. The summed E-state index contributed by atoms with van der Waals surface area (Å²) in [5.74, 6) is 0.600. The maximum absolute atomic E-state index is 3.75. The van der Waals surface area contributed by atoms with Crippen LogP contribution in [0.5, 0.6) is 0 Å². The second-order valence-corrected chi connectivity index (χ2v) is 4.85. The summed E-state index contributed by atoms with van der Waals surface area (Å²) in [5, 5.41) is 0. The van der Waals surface area contributed by atoms with Gasteiger partial charge in [0.25, 0.3) is 0 Å². The van der Waals surface area contributed by atoms with E-state index >= 15 is 0 Å². The first-order valence-corrected chi connectivity index (χ1v) is 6.30. The topological polar surface area (TPSA) is 3.24 Å². The molecular formula is C16H21N. The van der Waals surface area contributed by atoms with Gasteiger partial charge in [0.05, 0.1) is 0 Å². The molecule has 0 amide bonds. The molecule has 90 valence electrons. The summed E-state index contributed by atoms with van der Waals surface area (Å²) in [6.45, 7) is 11.7. The van der Waals surface area contributed by atoms with Crippen LogP contribution in [0.25, 0.3) is 0 Å². The van der Waals surface area contributed by atoms with Gasteiger partial charge in [-0.15, -0.1) is 0 Å². The van der Waals surface area contributed by atoms with Crippen molar-refractivity contribution >= 4 is 0 Å². The molecule has 0 aromatic rings. The molecule has 2 unspecified atom stereocenters. The highest BCUT2D eigenvalue weighted by molar-refractivity contribution is 5.49. The molecular weight excluding hydrogens is 206 g/mol. The van der Waals surface area contributed by atoms with E-state index in [1.807, 2.05) is 12.2 Å². The van der Waals surface area contributed by atoms with Gasteiger partial charge in [-0.05, 0) is 31.4 Å². The van der Waals surface area contributed by atoms with Crippen molar-refractivity contribution in [3.05, 3.63) is 59.9 Å². The molecule has 0 aromatic heterocycles. The second-order valence-electron chi connectivity index (χ2n) is 4.85. The molecule has 2 aliphatic rings. The zero-order chi connectivity index (χ0) is 12.4. The monoisotopic (exact) mass is 227 g/mol. The maximum Gasteiger partial charge on any atom is 0.0444 e. The van der Waals surface area contributed by atoms with Crippen LogP contribution >= 0.6 is 0 Å². The molecule has 0 radical (unpaired) electrons. The average Bonchev–Trinajstić information content (AvgIpc) is 2.36. The van der Waals surface area contributed by atoms with Gasteiger partial charge in [-0.25, -0.2) is 0 Å². The lowest BCUT2D eigenvalue weighted by atomic mass is 9.83. The molecule has 1 heteroatoms. The number of hydrogen-bond acceptors (Lipinski definition) is 1. The Balaban J connectivity index is 2.49. The third kappa shape index (κ3) is 2.02. The first-order valence-electron chi connectivity index (χ1n) is 6.30. The zero-order valence-corrected chi connectivity index (χ0v) is 11.0. The number of nitrogens with zero attached hydrogens (tertiary/aromatic N) is 1. The van der Waals surface area contributed by atoms with E-state index in [0.29, 0.717) is 12.0 Å². The van der Waals surface area contributed by atoms with Gasteiger partial charge in [0.1, 0.15) is 0 Å². The summed E-state index contributed by atoms with van der Waals surface area (Å²) in [4.78, 5) is 2.49. The van der Waals surface area contributed by atoms with Crippen molar-refractivity contribution in [1.82, 2.24) is 4.90 Å². The van der Waals surface area contributed by atoms with Crippen LogP contribution in [0.15, 0.2) is 59.9 Å². The van der Waals surface area contributed by atoms with E-state index < -0.39 is 0 Å². The van der Waals surface area contributed by atoms with Crippen molar-refractivity contribution in [2.45, 2.75) is 26.8 Å². The Hall–Kier alpha value is -1.50. The molecule has 2 rings (SSSR count). The molecule has 0 bridgehead atoms. The summed E-state index contributed by atoms with van der Waals surface area (Å²) in [5.41, 5.74) is 4.20. The van der Waals surface area contributed by atoms with Gasteiger partial charge in [0, 0.05) is 18.3 Å². The Morgan fingerprint density at radius 2 is 2.18 bits per heavy atom. The number of fused-ring (bicyclic) bond motifs is 1. The molecule has 0 N–H and O–H groups in total. The summed E-state index contributed by atoms with van der Waals surface area (Å²) in [6, 6.07) is 0.576. The lowest BCUT2D eigenvalue weighted by molar-refractivity contribution is 0.233. The number of allylic oxidation sites excluding steroid dienone is 5. The summed E-state index contributed by atoms with van der Waals surface area (Å²) >= 11 is 0. The lowest BCUT2D eigenvalue weighted by Gasteiger charge is -2.43. The van der Waals surface area contributed by atoms with Crippen LogP contribution in [0.2, 0.25) is 0 Å². The predicted molar refractivity (Wildman–Crippen MR) is 74.6 cm³/mol. The van der Waals surface area contributed by atoms with Crippen LogP contribution < -0.4 is 0 Å². The fraction of sp³-hybridized carbons (Fsp3) is 0.375. The Morgan fingerprint density at radius 1 is 1.41 bits per heavy atom. The van der Waals surface area contributed by atoms with Crippen LogP contribution in [-0.4, -0.2) is 17.5 Å². The van der Waals surface area contributed by atoms with Crippen molar-refractivity contribution in [3.8, 4) is 0 Å². The van der Waals surface area contributed by atoms with Gasteiger partial charge < -0.3 is 4.90 Å². The van der Waals surface area contributed by atoms with Crippen LogP contribution in [0.4, 0.5) is 0 Å². The highest BCUT2D eigenvalue weighted by atomic mass is 15.2. The first-order chi connectivity index (χ1) is 8.16. The third-order valence-electron chi connectivity index (χ3n) is 4.00. The van der Waals surface area contributed by atoms with Gasteiger partial charge in [-0.1, -0.05) is 49.5 Å². The molecule has 2 aliphatic heterocycles. The smallest absolute Gasteiger partial charge is 0.0444 e. The fourth-order valence-corrected chi connectivity index (χ4v) is 2.62. The van der Waals surface area contributed by atoms with E-state index in [0.717, 1.165) is 6.54 Å². The fourth-order valence-electron chi connectivity index (χ4n) is 2.62. The van der Waals surface area contributed by atoms with Crippen molar-refractivity contribution in [2.75, 3.05) is 6.54 Å².